The van der Waals surface area contributed by atoms with Gasteiger partial charge >= 0.3 is 0 Å². The number of amides is 2. The van der Waals surface area contributed by atoms with Crippen LogP contribution in [0, 0.1) is 0 Å². The lowest BCUT2D eigenvalue weighted by Crippen LogP contribution is -2.30. The van der Waals surface area contributed by atoms with Crippen molar-refractivity contribution in [1.29, 1.82) is 0 Å². The largest absolute Gasteiger partial charge is 0.496 e. The molecule has 0 saturated carbocycles. The minimum absolute atomic E-state index is 0.199. The lowest BCUT2D eigenvalue weighted by Gasteiger charge is -2.15. The first-order valence-corrected chi connectivity index (χ1v) is 8.66. The highest BCUT2D eigenvalue weighted by molar-refractivity contribution is 6.35. The van der Waals surface area contributed by atoms with Crippen LogP contribution in [0.15, 0.2) is 24.4 Å². The smallest absolute Gasteiger partial charge is 0.255 e. The average Bonchev–Trinajstić information content (AvgIpc) is 3.02. The van der Waals surface area contributed by atoms with Crippen LogP contribution in [-0.2, 0) is 4.79 Å². The standard InChI is InChI=1S/C18H20ClN3O3/c1-25-16-11-15-12(14(19)5-7-20-15)10-13(16)18(24)21-6-3-9-22-8-2-4-17(22)23/h5,7,10-11H,2-4,6,8-9H2,1H3,(H,21,24). The van der Waals surface area contributed by atoms with Crippen LogP contribution < -0.4 is 10.1 Å². The Morgan fingerprint density at radius 1 is 1.44 bits per heavy atom. The van der Waals surface area contributed by atoms with Gasteiger partial charge in [-0.05, 0) is 25.0 Å². The van der Waals surface area contributed by atoms with E-state index in [1.807, 2.05) is 4.90 Å². The van der Waals surface area contributed by atoms with Gasteiger partial charge in [-0.2, -0.15) is 0 Å². The summed E-state index contributed by atoms with van der Waals surface area (Å²) in [6, 6.07) is 5.09. The Balaban J connectivity index is 1.66. The van der Waals surface area contributed by atoms with E-state index < -0.39 is 0 Å². The van der Waals surface area contributed by atoms with Crippen LogP contribution in [0.3, 0.4) is 0 Å². The molecule has 1 aliphatic heterocycles. The van der Waals surface area contributed by atoms with Gasteiger partial charge in [-0.1, -0.05) is 11.6 Å². The number of likely N-dealkylation sites (tertiary alicyclic amines) is 1. The SMILES string of the molecule is COc1cc2nccc(Cl)c2cc1C(=O)NCCCN1CCCC1=O. The number of nitrogens with one attached hydrogen (secondary N) is 1. The molecular weight excluding hydrogens is 342 g/mol. The van der Waals surface area contributed by atoms with Gasteiger partial charge in [0, 0.05) is 43.7 Å². The molecule has 1 aromatic carbocycles. The van der Waals surface area contributed by atoms with E-state index in [1.54, 1.807) is 24.4 Å². The average molecular weight is 362 g/mol. The van der Waals surface area contributed by atoms with Gasteiger partial charge < -0.3 is 15.0 Å². The fourth-order valence-corrected chi connectivity index (χ4v) is 3.20. The predicted molar refractivity (Wildman–Crippen MR) is 96.1 cm³/mol. The lowest BCUT2D eigenvalue weighted by atomic mass is 10.1. The molecule has 132 valence electrons. The molecule has 1 aliphatic rings. The van der Waals surface area contributed by atoms with Crippen molar-refractivity contribution >= 4 is 34.3 Å². The van der Waals surface area contributed by atoms with Crippen molar-refractivity contribution in [2.24, 2.45) is 0 Å². The maximum Gasteiger partial charge on any atom is 0.255 e. The molecule has 1 N–H and O–H groups in total. The van der Waals surface area contributed by atoms with E-state index in [0.29, 0.717) is 46.7 Å². The monoisotopic (exact) mass is 361 g/mol. The predicted octanol–water partition coefficient (Wildman–Crippen LogP) is 2.64. The Morgan fingerprint density at radius 2 is 2.28 bits per heavy atom. The minimum Gasteiger partial charge on any atom is -0.496 e. The number of hydrogen-bond donors (Lipinski definition) is 1. The highest BCUT2D eigenvalue weighted by atomic mass is 35.5. The summed E-state index contributed by atoms with van der Waals surface area (Å²) in [4.78, 5) is 30.2. The summed E-state index contributed by atoms with van der Waals surface area (Å²) >= 11 is 6.19. The number of halogens is 1. The third kappa shape index (κ3) is 3.85. The molecule has 6 nitrogen and oxygen atoms in total. The molecule has 1 fully saturated rings. The molecule has 0 bridgehead atoms. The molecule has 0 unspecified atom stereocenters. The summed E-state index contributed by atoms with van der Waals surface area (Å²) in [5.41, 5.74) is 1.09. The first-order valence-electron chi connectivity index (χ1n) is 8.28. The maximum absolute atomic E-state index is 12.5. The van der Waals surface area contributed by atoms with E-state index >= 15 is 0 Å². The van der Waals surface area contributed by atoms with E-state index in [4.69, 9.17) is 16.3 Å². The minimum atomic E-state index is -0.230. The molecule has 1 aromatic heterocycles. The van der Waals surface area contributed by atoms with Gasteiger partial charge in [-0.15, -0.1) is 0 Å². The van der Waals surface area contributed by atoms with Gasteiger partial charge in [0.05, 0.1) is 23.2 Å². The van der Waals surface area contributed by atoms with Crippen molar-refractivity contribution in [3.63, 3.8) is 0 Å². The van der Waals surface area contributed by atoms with E-state index in [-0.39, 0.29) is 11.8 Å². The second-order valence-electron chi connectivity index (χ2n) is 5.96. The molecule has 0 atom stereocenters. The zero-order chi connectivity index (χ0) is 17.8. The molecule has 0 spiro atoms. The molecule has 1 saturated heterocycles. The number of carbonyl (C=O) groups excluding carboxylic acids is 2. The topological polar surface area (TPSA) is 71.5 Å². The van der Waals surface area contributed by atoms with Crippen LogP contribution >= 0.6 is 11.6 Å². The van der Waals surface area contributed by atoms with Crippen molar-refractivity contribution in [2.75, 3.05) is 26.7 Å². The fraction of sp³-hybridized carbons (Fsp3) is 0.389. The van der Waals surface area contributed by atoms with Crippen LogP contribution in [0.1, 0.15) is 29.6 Å². The van der Waals surface area contributed by atoms with E-state index in [1.165, 1.54) is 7.11 Å². The molecular formula is C18H20ClN3O3. The molecule has 3 rings (SSSR count). The number of hydrogen-bond acceptors (Lipinski definition) is 4. The van der Waals surface area contributed by atoms with Crippen molar-refractivity contribution in [1.82, 2.24) is 15.2 Å². The quantitative estimate of drug-likeness (QED) is 0.803. The molecule has 7 heteroatoms. The first kappa shape index (κ1) is 17.5. The fourth-order valence-electron chi connectivity index (χ4n) is 2.99. The Hall–Kier alpha value is -2.34. The van der Waals surface area contributed by atoms with Gasteiger partial charge in [-0.3, -0.25) is 14.6 Å². The Morgan fingerprint density at radius 3 is 3.00 bits per heavy atom. The van der Waals surface area contributed by atoms with E-state index in [2.05, 4.69) is 10.3 Å². The number of ether oxygens (including phenoxy) is 1. The van der Waals surface area contributed by atoms with E-state index in [0.717, 1.165) is 19.4 Å². The molecule has 2 amide bonds. The molecule has 25 heavy (non-hydrogen) atoms. The zero-order valence-corrected chi connectivity index (χ0v) is 14.8. The van der Waals surface area contributed by atoms with Crippen molar-refractivity contribution in [2.45, 2.75) is 19.3 Å². The molecule has 0 radical (unpaired) electrons. The first-order chi connectivity index (χ1) is 12.1. The summed E-state index contributed by atoms with van der Waals surface area (Å²) in [7, 11) is 1.52. The van der Waals surface area contributed by atoms with Gasteiger partial charge in [0.1, 0.15) is 5.75 Å². The summed E-state index contributed by atoms with van der Waals surface area (Å²) in [6.45, 7) is 1.98. The van der Waals surface area contributed by atoms with Gasteiger partial charge in [0.15, 0.2) is 0 Å². The van der Waals surface area contributed by atoms with Crippen LogP contribution in [-0.4, -0.2) is 48.4 Å². The molecule has 0 aliphatic carbocycles. The maximum atomic E-state index is 12.5. The highest BCUT2D eigenvalue weighted by Crippen LogP contribution is 2.29. The highest BCUT2D eigenvalue weighted by Gasteiger charge is 2.19. The number of aromatic nitrogens is 1. The van der Waals surface area contributed by atoms with Crippen molar-refractivity contribution < 1.29 is 14.3 Å². The third-order valence-corrected chi connectivity index (χ3v) is 4.65. The normalized spacial score (nSPS) is 14.2. The summed E-state index contributed by atoms with van der Waals surface area (Å²) < 4.78 is 5.32. The van der Waals surface area contributed by atoms with Gasteiger partial charge in [0.25, 0.3) is 5.91 Å². The summed E-state index contributed by atoms with van der Waals surface area (Å²) in [5.74, 6) is 0.422. The molecule has 2 heterocycles. The van der Waals surface area contributed by atoms with Crippen LogP contribution in [0.5, 0.6) is 5.75 Å². The number of carbonyl (C=O) groups is 2. The van der Waals surface area contributed by atoms with Gasteiger partial charge in [0.2, 0.25) is 5.91 Å². The molecule has 2 aromatic rings. The number of benzene rings is 1. The Labute approximate surface area is 151 Å². The van der Waals surface area contributed by atoms with Gasteiger partial charge in [-0.25, -0.2) is 0 Å². The van der Waals surface area contributed by atoms with Crippen molar-refractivity contribution in [3.8, 4) is 5.75 Å². The number of nitrogens with zero attached hydrogens (tertiary/aromatic N) is 2. The van der Waals surface area contributed by atoms with Crippen LogP contribution in [0.2, 0.25) is 5.02 Å². The number of methoxy groups -OCH3 is 1. The Bertz CT molecular complexity index is 809. The number of fused-ring (bicyclic) bond motifs is 1. The van der Waals surface area contributed by atoms with Crippen molar-refractivity contribution in [3.05, 3.63) is 35.0 Å². The second-order valence-corrected chi connectivity index (χ2v) is 6.36. The Kier molecular flexibility index (Phi) is 5.38. The lowest BCUT2D eigenvalue weighted by molar-refractivity contribution is -0.127. The van der Waals surface area contributed by atoms with E-state index in [9.17, 15) is 9.59 Å². The second kappa shape index (κ2) is 7.70. The van der Waals surface area contributed by atoms with Crippen LogP contribution in [0.25, 0.3) is 10.9 Å². The summed E-state index contributed by atoms with van der Waals surface area (Å²) in [6.07, 6.45) is 3.89. The number of pyridine rings is 1. The zero-order valence-electron chi connectivity index (χ0n) is 14.0. The van der Waals surface area contributed by atoms with Crippen LogP contribution in [0.4, 0.5) is 0 Å². The third-order valence-electron chi connectivity index (χ3n) is 4.32. The summed E-state index contributed by atoms with van der Waals surface area (Å²) in [5, 5.41) is 4.12. The number of rotatable bonds is 6.